The molecule has 4 nitrogen and oxygen atoms in total. The SMILES string of the molecule is CN=C1CC1C(C)C(C)C(O)/C(O)=C\O. The summed E-state index contributed by atoms with van der Waals surface area (Å²) in [5.41, 5.74) is 1.18. The van der Waals surface area contributed by atoms with Gasteiger partial charge in [-0.25, -0.2) is 0 Å². The summed E-state index contributed by atoms with van der Waals surface area (Å²) >= 11 is 0. The van der Waals surface area contributed by atoms with Gasteiger partial charge in [0.2, 0.25) is 0 Å². The lowest BCUT2D eigenvalue weighted by Gasteiger charge is -2.23. The number of hydrogen-bond donors (Lipinski definition) is 3. The fraction of sp³-hybridized carbons (Fsp3) is 0.727. The van der Waals surface area contributed by atoms with Gasteiger partial charge >= 0.3 is 0 Å². The van der Waals surface area contributed by atoms with Crippen molar-refractivity contribution in [2.75, 3.05) is 7.05 Å². The van der Waals surface area contributed by atoms with Crippen LogP contribution in [0.5, 0.6) is 0 Å². The van der Waals surface area contributed by atoms with Crippen LogP contribution in [0.3, 0.4) is 0 Å². The molecule has 0 amide bonds. The summed E-state index contributed by atoms with van der Waals surface area (Å²) in [5, 5.41) is 27.5. The monoisotopic (exact) mass is 213 g/mol. The maximum atomic E-state index is 9.67. The van der Waals surface area contributed by atoms with Crippen LogP contribution in [0.25, 0.3) is 0 Å². The van der Waals surface area contributed by atoms with E-state index in [9.17, 15) is 10.2 Å². The first kappa shape index (κ1) is 12.0. The third-order valence-electron chi connectivity index (χ3n) is 3.38. The number of aliphatic hydroxyl groups excluding tert-OH is 3. The average molecular weight is 213 g/mol. The van der Waals surface area contributed by atoms with Gasteiger partial charge in [-0.05, 0) is 18.3 Å². The van der Waals surface area contributed by atoms with Crippen molar-refractivity contribution in [1.82, 2.24) is 0 Å². The summed E-state index contributed by atoms with van der Waals surface area (Å²) in [6.07, 6.45) is 0.539. The Morgan fingerprint density at radius 2 is 2.13 bits per heavy atom. The summed E-state index contributed by atoms with van der Waals surface area (Å²) in [6.45, 7) is 3.89. The quantitative estimate of drug-likeness (QED) is 0.622. The van der Waals surface area contributed by atoms with Crippen LogP contribution in [0.15, 0.2) is 17.0 Å². The van der Waals surface area contributed by atoms with Crippen molar-refractivity contribution in [1.29, 1.82) is 0 Å². The molecule has 0 bridgehead atoms. The summed E-state index contributed by atoms with van der Waals surface area (Å²) < 4.78 is 0. The molecule has 1 aliphatic rings. The molecule has 0 spiro atoms. The summed E-state index contributed by atoms with van der Waals surface area (Å²) in [6, 6.07) is 0. The lowest BCUT2D eigenvalue weighted by atomic mass is 9.86. The van der Waals surface area contributed by atoms with E-state index in [4.69, 9.17) is 5.11 Å². The van der Waals surface area contributed by atoms with Crippen LogP contribution in [0, 0.1) is 17.8 Å². The molecule has 4 heteroatoms. The van der Waals surface area contributed by atoms with Gasteiger partial charge in [0.1, 0.15) is 12.4 Å². The van der Waals surface area contributed by atoms with E-state index in [1.165, 1.54) is 5.71 Å². The van der Waals surface area contributed by atoms with Gasteiger partial charge in [0, 0.05) is 18.7 Å². The zero-order valence-corrected chi connectivity index (χ0v) is 9.38. The summed E-state index contributed by atoms with van der Waals surface area (Å²) in [5.74, 6) is 0.203. The third-order valence-corrected chi connectivity index (χ3v) is 3.38. The molecule has 0 radical (unpaired) electrons. The second-order valence-corrected chi connectivity index (χ2v) is 4.24. The highest BCUT2D eigenvalue weighted by Crippen LogP contribution is 2.39. The first-order chi connectivity index (χ1) is 7.02. The molecule has 0 aromatic heterocycles. The topological polar surface area (TPSA) is 73.1 Å². The molecule has 1 fully saturated rings. The molecule has 1 saturated carbocycles. The molecular formula is C11H19NO3. The normalized spacial score (nSPS) is 30.0. The van der Waals surface area contributed by atoms with E-state index in [1.807, 2.05) is 13.8 Å². The molecular weight excluding hydrogens is 194 g/mol. The van der Waals surface area contributed by atoms with Crippen molar-refractivity contribution < 1.29 is 15.3 Å². The molecule has 15 heavy (non-hydrogen) atoms. The van der Waals surface area contributed by atoms with E-state index in [0.29, 0.717) is 12.2 Å². The summed E-state index contributed by atoms with van der Waals surface area (Å²) in [4.78, 5) is 4.12. The minimum atomic E-state index is -0.997. The van der Waals surface area contributed by atoms with Crippen LogP contribution >= 0.6 is 0 Å². The van der Waals surface area contributed by atoms with Crippen molar-refractivity contribution in [2.45, 2.75) is 26.4 Å². The molecule has 0 aromatic rings. The van der Waals surface area contributed by atoms with E-state index >= 15 is 0 Å². The van der Waals surface area contributed by atoms with Gasteiger partial charge in [-0.3, -0.25) is 4.99 Å². The van der Waals surface area contributed by atoms with E-state index in [0.717, 1.165) is 6.42 Å². The highest BCUT2D eigenvalue weighted by Gasteiger charge is 2.40. The van der Waals surface area contributed by atoms with Gasteiger partial charge in [-0.2, -0.15) is 0 Å². The number of aliphatic imine (C=N–C) groups is 1. The second-order valence-electron chi connectivity index (χ2n) is 4.24. The Morgan fingerprint density at radius 1 is 1.53 bits per heavy atom. The molecule has 1 rings (SSSR count). The van der Waals surface area contributed by atoms with Crippen molar-refractivity contribution in [3.8, 4) is 0 Å². The van der Waals surface area contributed by atoms with E-state index in [-0.39, 0.29) is 17.6 Å². The predicted octanol–water partition coefficient (Wildman–Crippen LogP) is 1.67. The fourth-order valence-electron chi connectivity index (χ4n) is 1.91. The van der Waals surface area contributed by atoms with Crippen LogP contribution in [0.1, 0.15) is 20.3 Å². The van der Waals surface area contributed by atoms with Crippen molar-refractivity contribution in [2.24, 2.45) is 22.7 Å². The molecule has 0 aliphatic heterocycles. The lowest BCUT2D eigenvalue weighted by Crippen LogP contribution is -2.27. The molecule has 3 N–H and O–H groups in total. The highest BCUT2D eigenvalue weighted by atomic mass is 16.3. The lowest BCUT2D eigenvalue weighted by molar-refractivity contribution is 0.0709. The Kier molecular flexibility index (Phi) is 3.74. The molecule has 1 aliphatic carbocycles. The van der Waals surface area contributed by atoms with E-state index < -0.39 is 6.10 Å². The van der Waals surface area contributed by atoms with Crippen LogP contribution < -0.4 is 0 Å². The Balaban J connectivity index is 2.57. The van der Waals surface area contributed by atoms with Gasteiger partial charge in [0.05, 0.1) is 0 Å². The number of rotatable bonds is 4. The first-order valence-corrected chi connectivity index (χ1v) is 5.19. The van der Waals surface area contributed by atoms with E-state index in [1.54, 1.807) is 7.05 Å². The predicted molar refractivity (Wildman–Crippen MR) is 59.1 cm³/mol. The van der Waals surface area contributed by atoms with Gasteiger partial charge in [-0.1, -0.05) is 13.8 Å². The standard InChI is InChI=1S/C11H19NO3/c1-6(8-4-9(8)12-3)7(2)11(15)10(14)5-13/h5-8,11,13-15H,4H2,1-3H3/b10-5+,12-9?. The van der Waals surface area contributed by atoms with Gasteiger partial charge < -0.3 is 15.3 Å². The Bertz CT molecular complexity index is 286. The average Bonchev–Trinajstić information content (AvgIpc) is 3.04. The molecule has 0 heterocycles. The molecule has 86 valence electrons. The zero-order valence-electron chi connectivity index (χ0n) is 9.38. The largest absolute Gasteiger partial charge is 0.512 e. The number of aliphatic hydroxyl groups is 3. The van der Waals surface area contributed by atoms with Crippen LogP contribution in [0.2, 0.25) is 0 Å². The van der Waals surface area contributed by atoms with Crippen LogP contribution in [0.4, 0.5) is 0 Å². The second kappa shape index (κ2) is 4.66. The van der Waals surface area contributed by atoms with Gasteiger partial charge in [-0.15, -0.1) is 0 Å². The van der Waals surface area contributed by atoms with Gasteiger partial charge in [0.15, 0.2) is 5.76 Å². The number of hydrogen-bond acceptors (Lipinski definition) is 4. The zero-order chi connectivity index (χ0) is 11.6. The van der Waals surface area contributed by atoms with Crippen molar-refractivity contribution >= 4 is 5.71 Å². The Morgan fingerprint density at radius 3 is 2.53 bits per heavy atom. The Labute approximate surface area is 90.0 Å². The van der Waals surface area contributed by atoms with Crippen molar-refractivity contribution in [3.63, 3.8) is 0 Å². The number of nitrogens with zero attached hydrogens (tertiary/aromatic N) is 1. The van der Waals surface area contributed by atoms with Crippen LogP contribution in [-0.4, -0.2) is 34.2 Å². The maximum absolute atomic E-state index is 9.67. The molecule has 4 atom stereocenters. The van der Waals surface area contributed by atoms with Crippen molar-refractivity contribution in [3.05, 3.63) is 12.0 Å². The fourth-order valence-corrected chi connectivity index (χ4v) is 1.91. The Hall–Kier alpha value is -1.03. The van der Waals surface area contributed by atoms with Gasteiger partial charge in [0.25, 0.3) is 0 Å². The minimum absolute atomic E-state index is 0.0994. The summed E-state index contributed by atoms with van der Waals surface area (Å²) in [7, 11) is 1.77. The molecule has 4 unspecified atom stereocenters. The smallest absolute Gasteiger partial charge is 0.155 e. The first-order valence-electron chi connectivity index (χ1n) is 5.19. The van der Waals surface area contributed by atoms with E-state index in [2.05, 4.69) is 4.99 Å². The maximum Gasteiger partial charge on any atom is 0.155 e. The van der Waals surface area contributed by atoms with Crippen LogP contribution in [-0.2, 0) is 0 Å². The molecule has 0 aromatic carbocycles. The third kappa shape index (κ3) is 2.50. The molecule has 0 saturated heterocycles. The highest BCUT2D eigenvalue weighted by molar-refractivity contribution is 6.01. The minimum Gasteiger partial charge on any atom is -0.512 e.